The van der Waals surface area contributed by atoms with Crippen molar-refractivity contribution >= 4 is 23.2 Å². The van der Waals surface area contributed by atoms with Crippen LogP contribution in [0.3, 0.4) is 0 Å². The largest absolute Gasteiger partial charge is 0.394 e. The smallest absolute Gasteiger partial charge is 0.255 e. The maximum atomic E-state index is 9.40. The molecule has 110 valence electrons. The molecule has 6 nitrogen and oxygen atoms in total. The molecule has 0 aliphatic carbocycles. The summed E-state index contributed by atoms with van der Waals surface area (Å²) in [5, 5.41) is 17.3. The summed E-state index contributed by atoms with van der Waals surface area (Å²) in [6.45, 7) is 6.30. The highest BCUT2D eigenvalue weighted by atomic mass is 35.5. The van der Waals surface area contributed by atoms with Crippen LogP contribution in [-0.4, -0.2) is 37.3 Å². The zero-order valence-electron chi connectivity index (χ0n) is 12.0. The van der Waals surface area contributed by atoms with E-state index in [9.17, 15) is 5.11 Å². The van der Waals surface area contributed by atoms with Crippen LogP contribution in [0.15, 0.2) is 6.33 Å². The number of hydrogen-bond donors (Lipinski definition) is 2. The van der Waals surface area contributed by atoms with Crippen LogP contribution in [0, 0.1) is 5.92 Å². The maximum absolute atomic E-state index is 9.40. The van der Waals surface area contributed by atoms with Crippen LogP contribution >= 0.6 is 11.6 Å². The van der Waals surface area contributed by atoms with Gasteiger partial charge in [-0.1, -0.05) is 32.4 Å². The molecule has 0 radical (unpaired) electrons. The molecule has 1 unspecified atom stereocenters. The molecule has 0 aliphatic rings. The quantitative estimate of drug-likeness (QED) is 0.799. The third-order valence-corrected chi connectivity index (χ3v) is 3.45. The number of nitrogens with one attached hydrogen (secondary N) is 1. The average Bonchev–Trinajstić information content (AvgIpc) is 2.86. The zero-order valence-corrected chi connectivity index (χ0v) is 12.7. The highest BCUT2D eigenvalue weighted by Crippen LogP contribution is 2.27. The van der Waals surface area contributed by atoms with E-state index >= 15 is 0 Å². The zero-order chi connectivity index (χ0) is 14.7. The van der Waals surface area contributed by atoms with Crippen molar-refractivity contribution in [2.45, 2.75) is 39.7 Å². The lowest BCUT2D eigenvalue weighted by Crippen LogP contribution is -2.25. The molecule has 2 aromatic rings. The molecule has 0 saturated heterocycles. The third kappa shape index (κ3) is 3.02. The number of halogens is 1. The SMILES string of the molecule is CCC(CO)Nc1c(CC(C)C)c(Cl)nc2ncnn12. The monoisotopic (exact) mass is 297 g/mol. The van der Waals surface area contributed by atoms with E-state index in [1.54, 1.807) is 4.52 Å². The van der Waals surface area contributed by atoms with Crippen molar-refractivity contribution < 1.29 is 5.11 Å². The number of fused-ring (bicyclic) bond motifs is 1. The van der Waals surface area contributed by atoms with Crippen LogP contribution in [0.2, 0.25) is 5.15 Å². The first-order valence-electron chi connectivity index (χ1n) is 6.82. The van der Waals surface area contributed by atoms with Crippen LogP contribution < -0.4 is 5.32 Å². The van der Waals surface area contributed by atoms with Crippen molar-refractivity contribution in [3.05, 3.63) is 17.0 Å². The van der Waals surface area contributed by atoms with Crippen LogP contribution in [0.4, 0.5) is 5.82 Å². The minimum Gasteiger partial charge on any atom is -0.394 e. The summed E-state index contributed by atoms with van der Waals surface area (Å²) in [6, 6.07) is -0.0493. The maximum Gasteiger partial charge on any atom is 0.255 e. The molecule has 2 N–H and O–H groups in total. The average molecular weight is 298 g/mol. The lowest BCUT2D eigenvalue weighted by molar-refractivity contribution is 0.271. The second kappa shape index (κ2) is 6.37. The minimum absolute atomic E-state index is 0.0493. The molecule has 0 fully saturated rings. The lowest BCUT2D eigenvalue weighted by Gasteiger charge is -2.20. The highest BCUT2D eigenvalue weighted by molar-refractivity contribution is 6.30. The van der Waals surface area contributed by atoms with Gasteiger partial charge in [0.1, 0.15) is 17.3 Å². The Morgan fingerprint density at radius 3 is 2.80 bits per heavy atom. The summed E-state index contributed by atoms with van der Waals surface area (Å²) < 4.78 is 1.64. The van der Waals surface area contributed by atoms with Gasteiger partial charge >= 0.3 is 0 Å². The van der Waals surface area contributed by atoms with Gasteiger partial charge < -0.3 is 10.4 Å². The van der Waals surface area contributed by atoms with Gasteiger partial charge in [-0.25, -0.2) is 0 Å². The Bertz CT molecular complexity index is 579. The molecule has 0 saturated carbocycles. The van der Waals surface area contributed by atoms with Gasteiger partial charge in [-0.2, -0.15) is 19.6 Å². The second-order valence-corrected chi connectivity index (χ2v) is 5.59. The highest BCUT2D eigenvalue weighted by Gasteiger charge is 2.18. The molecule has 20 heavy (non-hydrogen) atoms. The van der Waals surface area contributed by atoms with Gasteiger partial charge in [-0.05, 0) is 18.8 Å². The molecule has 0 amide bonds. The molecular weight excluding hydrogens is 278 g/mol. The molecular formula is C13H20ClN5O. The summed E-state index contributed by atoms with van der Waals surface area (Å²) in [6.07, 6.45) is 3.03. The summed E-state index contributed by atoms with van der Waals surface area (Å²) in [5.41, 5.74) is 0.909. The standard InChI is InChI=1S/C13H20ClN5O/c1-4-9(6-20)17-12-10(5-8(2)3)11(14)18-13-15-7-16-19(12)13/h7-9,17,20H,4-6H2,1-3H3. The van der Waals surface area contributed by atoms with Gasteiger partial charge in [-0.15, -0.1) is 0 Å². The van der Waals surface area contributed by atoms with Crippen molar-refractivity contribution in [3.63, 3.8) is 0 Å². The Labute approximate surface area is 123 Å². The first-order valence-corrected chi connectivity index (χ1v) is 7.20. The van der Waals surface area contributed by atoms with Gasteiger partial charge in [0.2, 0.25) is 0 Å². The third-order valence-electron chi connectivity index (χ3n) is 3.14. The van der Waals surface area contributed by atoms with Crippen LogP contribution in [0.1, 0.15) is 32.8 Å². The van der Waals surface area contributed by atoms with Crippen molar-refractivity contribution in [3.8, 4) is 0 Å². The molecule has 0 spiro atoms. The Balaban J connectivity index is 2.53. The first kappa shape index (κ1) is 15.0. The fourth-order valence-electron chi connectivity index (χ4n) is 2.06. The molecule has 1 atom stereocenters. The Kier molecular flexibility index (Phi) is 4.77. The van der Waals surface area contributed by atoms with Crippen LogP contribution in [0.5, 0.6) is 0 Å². The molecule has 2 rings (SSSR count). The number of anilines is 1. The Morgan fingerprint density at radius 1 is 1.45 bits per heavy atom. The van der Waals surface area contributed by atoms with Crippen molar-refractivity contribution in [1.82, 2.24) is 19.6 Å². The fraction of sp³-hybridized carbons (Fsp3) is 0.615. The van der Waals surface area contributed by atoms with Gasteiger partial charge in [0, 0.05) is 5.56 Å². The Morgan fingerprint density at radius 2 is 2.20 bits per heavy atom. The van der Waals surface area contributed by atoms with E-state index < -0.39 is 0 Å². The number of hydrogen-bond acceptors (Lipinski definition) is 5. The topological polar surface area (TPSA) is 75.3 Å². The number of aromatic nitrogens is 4. The van der Waals surface area contributed by atoms with Gasteiger partial charge in [0.25, 0.3) is 5.78 Å². The summed E-state index contributed by atoms with van der Waals surface area (Å²) >= 11 is 6.28. The molecule has 0 aromatic carbocycles. The normalized spacial score (nSPS) is 13.1. The number of nitrogens with zero attached hydrogens (tertiary/aromatic N) is 4. The van der Waals surface area contributed by atoms with E-state index in [4.69, 9.17) is 11.6 Å². The molecule has 2 heterocycles. The summed E-state index contributed by atoms with van der Waals surface area (Å²) in [4.78, 5) is 8.33. The van der Waals surface area contributed by atoms with Crippen LogP contribution in [0.25, 0.3) is 5.78 Å². The molecule has 7 heteroatoms. The molecule has 0 bridgehead atoms. The van der Waals surface area contributed by atoms with Crippen molar-refractivity contribution in [1.29, 1.82) is 0 Å². The van der Waals surface area contributed by atoms with E-state index in [2.05, 4.69) is 34.2 Å². The fourth-order valence-corrected chi connectivity index (χ4v) is 2.30. The van der Waals surface area contributed by atoms with Crippen molar-refractivity contribution in [2.24, 2.45) is 5.92 Å². The van der Waals surface area contributed by atoms with E-state index in [0.717, 1.165) is 24.2 Å². The number of aliphatic hydroxyl groups is 1. The first-order chi connectivity index (χ1) is 9.56. The predicted molar refractivity (Wildman–Crippen MR) is 79.1 cm³/mol. The summed E-state index contributed by atoms with van der Waals surface area (Å²) in [5.74, 6) is 1.66. The lowest BCUT2D eigenvalue weighted by atomic mass is 10.0. The van der Waals surface area contributed by atoms with E-state index in [1.165, 1.54) is 6.33 Å². The van der Waals surface area contributed by atoms with Crippen LogP contribution in [-0.2, 0) is 6.42 Å². The van der Waals surface area contributed by atoms with Gasteiger partial charge in [0.15, 0.2) is 0 Å². The molecule has 2 aromatic heterocycles. The minimum atomic E-state index is -0.0493. The van der Waals surface area contributed by atoms with Crippen molar-refractivity contribution in [2.75, 3.05) is 11.9 Å². The second-order valence-electron chi connectivity index (χ2n) is 5.23. The summed E-state index contributed by atoms with van der Waals surface area (Å²) in [7, 11) is 0. The van der Waals surface area contributed by atoms with Gasteiger partial charge in [-0.3, -0.25) is 0 Å². The predicted octanol–water partition coefficient (Wildman–Crippen LogP) is 2.16. The van der Waals surface area contributed by atoms with Gasteiger partial charge in [0.05, 0.1) is 12.6 Å². The number of aliphatic hydroxyl groups excluding tert-OH is 1. The number of rotatable bonds is 6. The Hall–Kier alpha value is -1.40. The molecule has 0 aliphatic heterocycles. The van der Waals surface area contributed by atoms with E-state index in [1.807, 2.05) is 6.92 Å². The van der Waals surface area contributed by atoms with E-state index in [0.29, 0.717) is 16.8 Å². The van der Waals surface area contributed by atoms with E-state index in [-0.39, 0.29) is 12.6 Å².